The Morgan fingerprint density at radius 1 is 1.29 bits per heavy atom. The Hall–Kier alpha value is -3.27. The number of para-hydroxylation sites is 1. The lowest BCUT2D eigenvalue weighted by molar-refractivity contribution is -0.149. The molecule has 1 saturated heterocycles. The third kappa shape index (κ3) is 4.96. The second kappa shape index (κ2) is 9.92. The zero-order chi connectivity index (χ0) is 24.3. The van der Waals surface area contributed by atoms with Gasteiger partial charge in [-0.05, 0) is 37.3 Å². The van der Waals surface area contributed by atoms with Gasteiger partial charge in [-0.15, -0.1) is 11.3 Å². The second-order valence-electron chi connectivity index (χ2n) is 8.87. The minimum Gasteiger partial charge on any atom is -0.458 e. The lowest BCUT2D eigenvalue weighted by Crippen LogP contribution is -2.54. The fourth-order valence-corrected chi connectivity index (χ4v) is 5.29. The van der Waals surface area contributed by atoms with Crippen molar-refractivity contribution in [2.24, 2.45) is 5.92 Å². The summed E-state index contributed by atoms with van der Waals surface area (Å²) in [5.74, 6) is -1.19. The Labute approximate surface area is 201 Å². The monoisotopic (exact) mass is 484 g/mol. The third-order valence-corrected chi connectivity index (χ3v) is 7.40. The van der Waals surface area contributed by atoms with Gasteiger partial charge in [0.2, 0.25) is 5.91 Å². The molecule has 1 aromatic carbocycles. The van der Waals surface area contributed by atoms with E-state index in [0.29, 0.717) is 17.1 Å². The molecule has 2 aliphatic rings. The van der Waals surface area contributed by atoms with Crippen molar-refractivity contribution < 1.29 is 23.9 Å². The van der Waals surface area contributed by atoms with Crippen LogP contribution in [0.1, 0.15) is 48.9 Å². The molecule has 2 atom stereocenters. The standard InChI is InChI=1S/C24H28N4O5S/c1-15-7-3-4-9-18(15)26-19(29)11-20-25-17(14-34-20)13-33-21(30)12-28-22(31)24(27-23(28)32)10-6-5-8-16(24)2/h3-4,7,9,14,16H,5-6,8,10-13H2,1-2H3,(H,26,29)(H,27,32)/t16-,24+/m1/s1. The van der Waals surface area contributed by atoms with E-state index in [-0.39, 0.29) is 30.8 Å². The Morgan fingerprint density at radius 3 is 2.85 bits per heavy atom. The highest BCUT2D eigenvalue weighted by atomic mass is 32.1. The van der Waals surface area contributed by atoms with Gasteiger partial charge in [-0.1, -0.05) is 38.0 Å². The Morgan fingerprint density at radius 2 is 2.09 bits per heavy atom. The minimum atomic E-state index is -0.904. The first-order chi connectivity index (χ1) is 16.3. The maximum absolute atomic E-state index is 13.0. The summed E-state index contributed by atoms with van der Waals surface area (Å²) in [6.07, 6.45) is 3.44. The number of esters is 1. The van der Waals surface area contributed by atoms with Gasteiger partial charge < -0.3 is 15.4 Å². The Bertz CT molecular complexity index is 1120. The maximum Gasteiger partial charge on any atom is 0.326 e. The number of urea groups is 1. The second-order valence-corrected chi connectivity index (χ2v) is 9.82. The summed E-state index contributed by atoms with van der Waals surface area (Å²) >= 11 is 1.30. The molecule has 2 aromatic rings. The average Bonchev–Trinajstić information content (AvgIpc) is 3.34. The van der Waals surface area contributed by atoms with Crippen molar-refractivity contribution in [1.29, 1.82) is 0 Å². The maximum atomic E-state index is 13.0. The van der Waals surface area contributed by atoms with Gasteiger partial charge in [0, 0.05) is 11.1 Å². The van der Waals surface area contributed by atoms with E-state index in [1.165, 1.54) is 11.3 Å². The van der Waals surface area contributed by atoms with Gasteiger partial charge >= 0.3 is 12.0 Å². The van der Waals surface area contributed by atoms with Crippen molar-refractivity contribution in [3.63, 3.8) is 0 Å². The highest BCUT2D eigenvalue weighted by Crippen LogP contribution is 2.38. The summed E-state index contributed by atoms with van der Waals surface area (Å²) in [6, 6.07) is 6.96. The number of imide groups is 1. The van der Waals surface area contributed by atoms with E-state index in [4.69, 9.17) is 4.74 Å². The van der Waals surface area contributed by atoms with Crippen molar-refractivity contribution >= 4 is 40.8 Å². The van der Waals surface area contributed by atoms with Crippen LogP contribution in [0.2, 0.25) is 0 Å². The molecule has 2 N–H and O–H groups in total. The normalized spacial score (nSPS) is 22.1. The molecule has 2 fully saturated rings. The number of benzene rings is 1. The fraction of sp³-hybridized carbons (Fsp3) is 0.458. The number of amides is 4. The molecule has 1 saturated carbocycles. The van der Waals surface area contributed by atoms with Gasteiger partial charge in [-0.25, -0.2) is 9.78 Å². The highest BCUT2D eigenvalue weighted by molar-refractivity contribution is 7.09. The number of aromatic nitrogens is 1. The molecular weight excluding hydrogens is 456 g/mol. The Balaban J connectivity index is 1.27. The van der Waals surface area contributed by atoms with E-state index in [2.05, 4.69) is 15.6 Å². The number of carbonyl (C=O) groups is 4. The molecule has 0 bridgehead atoms. The number of hydrogen-bond donors (Lipinski definition) is 2. The van der Waals surface area contributed by atoms with Crippen LogP contribution in [0.25, 0.3) is 0 Å². The molecule has 1 aromatic heterocycles. The SMILES string of the molecule is Cc1ccccc1NC(=O)Cc1nc(COC(=O)CN2C(=O)N[C@]3(CCCC[C@H]3C)C2=O)cs1. The summed E-state index contributed by atoms with van der Waals surface area (Å²) in [6.45, 7) is 3.34. The van der Waals surface area contributed by atoms with Gasteiger partial charge in [0.05, 0.1) is 12.1 Å². The Kier molecular flexibility index (Phi) is 6.97. The van der Waals surface area contributed by atoms with Gasteiger partial charge in [0.1, 0.15) is 23.7 Å². The third-order valence-electron chi connectivity index (χ3n) is 6.50. The molecule has 4 amide bonds. The number of anilines is 1. The van der Waals surface area contributed by atoms with Crippen LogP contribution in [0.3, 0.4) is 0 Å². The summed E-state index contributed by atoms with van der Waals surface area (Å²) in [4.78, 5) is 55.3. The molecule has 180 valence electrons. The van der Waals surface area contributed by atoms with Crippen molar-refractivity contribution in [2.45, 2.75) is 58.1 Å². The number of nitrogens with one attached hydrogen (secondary N) is 2. The number of rotatable bonds is 7. The van der Waals surface area contributed by atoms with Crippen LogP contribution in [0, 0.1) is 12.8 Å². The van der Waals surface area contributed by atoms with Gasteiger partial charge in [0.25, 0.3) is 5.91 Å². The lowest BCUT2D eigenvalue weighted by atomic mass is 9.73. The van der Waals surface area contributed by atoms with Crippen molar-refractivity contribution in [1.82, 2.24) is 15.2 Å². The molecule has 34 heavy (non-hydrogen) atoms. The van der Waals surface area contributed by atoms with Gasteiger partial charge in [-0.2, -0.15) is 0 Å². The summed E-state index contributed by atoms with van der Waals surface area (Å²) < 4.78 is 5.25. The zero-order valence-corrected chi connectivity index (χ0v) is 20.1. The molecule has 9 nitrogen and oxygen atoms in total. The molecule has 10 heteroatoms. The van der Waals surface area contributed by atoms with E-state index in [1.54, 1.807) is 5.38 Å². The molecule has 2 heterocycles. The minimum absolute atomic E-state index is 0.0233. The predicted molar refractivity (Wildman–Crippen MR) is 126 cm³/mol. The van der Waals surface area contributed by atoms with Crippen molar-refractivity contribution in [2.75, 3.05) is 11.9 Å². The van der Waals surface area contributed by atoms with Crippen molar-refractivity contribution in [3.05, 3.63) is 45.9 Å². The molecule has 1 aliphatic heterocycles. The van der Waals surface area contributed by atoms with Gasteiger partial charge in [0.15, 0.2) is 0 Å². The molecule has 4 rings (SSSR count). The molecule has 0 unspecified atom stereocenters. The van der Waals surface area contributed by atoms with Crippen LogP contribution < -0.4 is 10.6 Å². The molecular formula is C24H28N4O5S. The van der Waals surface area contributed by atoms with Crippen LogP contribution in [0.15, 0.2) is 29.6 Å². The van der Waals surface area contributed by atoms with Crippen LogP contribution in [0.4, 0.5) is 10.5 Å². The van der Waals surface area contributed by atoms with E-state index in [0.717, 1.165) is 35.4 Å². The average molecular weight is 485 g/mol. The summed E-state index contributed by atoms with van der Waals surface area (Å²) in [7, 11) is 0. The summed E-state index contributed by atoms with van der Waals surface area (Å²) in [5, 5.41) is 8.00. The van der Waals surface area contributed by atoms with Crippen LogP contribution >= 0.6 is 11.3 Å². The zero-order valence-electron chi connectivity index (χ0n) is 19.3. The first-order valence-corrected chi connectivity index (χ1v) is 12.2. The molecule has 0 radical (unpaired) electrons. The number of hydrogen-bond acceptors (Lipinski definition) is 7. The predicted octanol–water partition coefficient (Wildman–Crippen LogP) is 3.18. The highest BCUT2D eigenvalue weighted by Gasteiger charge is 2.55. The van der Waals surface area contributed by atoms with Crippen LogP contribution in [0.5, 0.6) is 0 Å². The lowest BCUT2D eigenvalue weighted by Gasteiger charge is -2.36. The van der Waals surface area contributed by atoms with E-state index in [1.807, 2.05) is 38.1 Å². The van der Waals surface area contributed by atoms with Crippen LogP contribution in [-0.2, 0) is 32.1 Å². The smallest absolute Gasteiger partial charge is 0.326 e. The first kappa shape index (κ1) is 23.9. The van der Waals surface area contributed by atoms with E-state index in [9.17, 15) is 19.2 Å². The largest absolute Gasteiger partial charge is 0.458 e. The van der Waals surface area contributed by atoms with Crippen molar-refractivity contribution in [3.8, 4) is 0 Å². The fourth-order valence-electron chi connectivity index (χ4n) is 4.51. The number of ether oxygens (including phenoxy) is 1. The number of carbonyl (C=O) groups excluding carboxylic acids is 4. The number of nitrogens with zero attached hydrogens (tertiary/aromatic N) is 2. The van der Waals surface area contributed by atoms with E-state index < -0.39 is 24.1 Å². The number of thiazole rings is 1. The summed E-state index contributed by atoms with van der Waals surface area (Å²) in [5.41, 5.74) is 1.32. The number of aryl methyl sites for hydroxylation is 1. The first-order valence-electron chi connectivity index (χ1n) is 11.4. The quantitative estimate of drug-likeness (QED) is 0.460. The molecule has 1 aliphatic carbocycles. The topological polar surface area (TPSA) is 118 Å². The van der Waals surface area contributed by atoms with Gasteiger partial charge in [-0.3, -0.25) is 19.3 Å². The van der Waals surface area contributed by atoms with E-state index >= 15 is 0 Å². The molecule has 1 spiro atoms. The van der Waals surface area contributed by atoms with Crippen LogP contribution in [-0.4, -0.2) is 45.8 Å².